The van der Waals surface area contributed by atoms with Gasteiger partial charge in [0, 0.05) is 0 Å². The summed E-state index contributed by atoms with van der Waals surface area (Å²) < 4.78 is 0. The van der Waals surface area contributed by atoms with Crippen LogP contribution in [0.15, 0.2) is 0 Å². The highest BCUT2D eigenvalue weighted by Crippen LogP contribution is 2.39. The largest absolute Gasteiger partial charge is 0.296 e. The van der Waals surface area contributed by atoms with E-state index in [1.807, 2.05) is 6.92 Å². The topological polar surface area (TPSA) is 46.2 Å². The summed E-state index contributed by atoms with van der Waals surface area (Å²) in [5.74, 6) is 0.279. The lowest BCUT2D eigenvalue weighted by Crippen LogP contribution is -2.24. The molecule has 60 valence electrons. The van der Waals surface area contributed by atoms with Gasteiger partial charge in [0.1, 0.15) is 0 Å². The number of rotatable bonds is 0. The van der Waals surface area contributed by atoms with Gasteiger partial charge in [-0.1, -0.05) is 6.92 Å². The van der Waals surface area contributed by atoms with Gasteiger partial charge in [-0.25, -0.2) is 0 Å². The maximum atomic E-state index is 11.1. The zero-order valence-corrected chi connectivity index (χ0v) is 6.46. The van der Waals surface area contributed by atoms with Crippen LogP contribution in [0.5, 0.6) is 0 Å². The van der Waals surface area contributed by atoms with Crippen LogP contribution in [0.3, 0.4) is 0 Å². The standard InChI is InChI=1S/C8H11NO2/c1-4-2-3-5-6(4)8(11)9-7(5)10/h4-6H,2-3H2,1H3,(H,9,10,11). The Hall–Kier alpha value is -0.860. The van der Waals surface area contributed by atoms with Gasteiger partial charge in [-0.15, -0.1) is 0 Å². The van der Waals surface area contributed by atoms with Crippen molar-refractivity contribution in [3.05, 3.63) is 0 Å². The Balaban J connectivity index is 2.28. The summed E-state index contributed by atoms with van der Waals surface area (Å²) in [6, 6.07) is 0. The summed E-state index contributed by atoms with van der Waals surface area (Å²) >= 11 is 0. The first-order valence-corrected chi connectivity index (χ1v) is 4.05. The van der Waals surface area contributed by atoms with Crippen molar-refractivity contribution in [2.75, 3.05) is 0 Å². The van der Waals surface area contributed by atoms with E-state index in [4.69, 9.17) is 0 Å². The van der Waals surface area contributed by atoms with Crippen molar-refractivity contribution in [3.8, 4) is 0 Å². The molecule has 2 amide bonds. The normalized spacial score (nSPS) is 42.5. The fourth-order valence-corrected chi connectivity index (χ4v) is 2.23. The molecule has 0 radical (unpaired) electrons. The third-order valence-electron chi connectivity index (χ3n) is 2.87. The van der Waals surface area contributed by atoms with E-state index in [2.05, 4.69) is 5.32 Å². The molecule has 1 aliphatic carbocycles. The quantitative estimate of drug-likeness (QED) is 0.509. The summed E-state index contributed by atoms with van der Waals surface area (Å²) in [4.78, 5) is 22.2. The first-order chi connectivity index (χ1) is 5.20. The van der Waals surface area contributed by atoms with E-state index >= 15 is 0 Å². The molecule has 3 nitrogen and oxygen atoms in total. The fourth-order valence-electron chi connectivity index (χ4n) is 2.23. The highest BCUT2D eigenvalue weighted by atomic mass is 16.2. The fraction of sp³-hybridized carbons (Fsp3) is 0.750. The number of fused-ring (bicyclic) bond motifs is 1. The van der Waals surface area contributed by atoms with Gasteiger partial charge in [-0.05, 0) is 18.8 Å². The Morgan fingerprint density at radius 1 is 1.27 bits per heavy atom. The number of hydrogen-bond donors (Lipinski definition) is 1. The van der Waals surface area contributed by atoms with E-state index in [0.29, 0.717) is 5.92 Å². The molecule has 1 saturated carbocycles. The van der Waals surface area contributed by atoms with Crippen LogP contribution in [0, 0.1) is 17.8 Å². The molecule has 1 N–H and O–H groups in total. The molecule has 3 atom stereocenters. The summed E-state index contributed by atoms with van der Waals surface area (Å²) in [5.41, 5.74) is 0. The van der Waals surface area contributed by atoms with E-state index in [1.165, 1.54) is 0 Å². The van der Waals surface area contributed by atoms with E-state index in [0.717, 1.165) is 12.8 Å². The number of carbonyl (C=O) groups is 2. The molecule has 2 fully saturated rings. The second-order valence-electron chi connectivity index (χ2n) is 3.54. The molecule has 1 saturated heterocycles. The Morgan fingerprint density at radius 3 is 2.64 bits per heavy atom. The number of imide groups is 1. The zero-order valence-electron chi connectivity index (χ0n) is 6.46. The second kappa shape index (κ2) is 2.06. The van der Waals surface area contributed by atoms with Gasteiger partial charge in [0.05, 0.1) is 11.8 Å². The highest BCUT2D eigenvalue weighted by molar-refractivity contribution is 6.05. The third kappa shape index (κ3) is 0.800. The molecule has 1 aliphatic heterocycles. The number of hydrogen-bond acceptors (Lipinski definition) is 2. The maximum Gasteiger partial charge on any atom is 0.230 e. The van der Waals surface area contributed by atoms with Gasteiger partial charge in [0.2, 0.25) is 11.8 Å². The molecule has 11 heavy (non-hydrogen) atoms. The molecule has 0 bridgehead atoms. The summed E-state index contributed by atoms with van der Waals surface area (Å²) in [5, 5.41) is 2.37. The average Bonchev–Trinajstić information content (AvgIpc) is 2.41. The van der Waals surface area contributed by atoms with Gasteiger partial charge in [0.25, 0.3) is 0 Å². The van der Waals surface area contributed by atoms with E-state index in [-0.39, 0.29) is 23.7 Å². The lowest BCUT2D eigenvalue weighted by Gasteiger charge is -2.07. The van der Waals surface area contributed by atoms with Crippen LogP contribution < -0.4 is 5.32 Å². The van der Waals surface area contributed by atoms with Gasteiger partial charge in [-0.2, -0.15) is 0 Å². The minimum Gasteiger partial charge on any atom is -0.296 e. The van der Waals surface area contributed by atoms with Gasteiger partial charge in [0.15, 0.2) is 0 Å². The van der Waals surface area contributed by atoms with Crippen molar-refractivity contribution >= 4 is 11.8 Å². The molecule has 3 heteroatoms. The molecular formula is C8H11NO2. The molecule has 0 aromatic heterocycles. The summed E-state index contributed by atoms with van der Waals surface area (Å²) in [6.07, 6.45) is 1.91. The van der Waals surface area contributed by atoms with Crippen LogP contribution in [0.25, 0.3) is 0 Å². The van der Waals surface area contributed by atoms with Crippen molar-refractivity contribution in [1.29, 1.82) is 0 Å². The van der Waals surface area contributed by atoms with Crippen LogP contribution in [-0.2, 0) is 9.59 Å². The first kappa shape index (κ1) is 6.83. The Labute approximate surface area is 65.2 Å². The Kier molecular flexibility index (Phi) is 1.28. The summed E-state index contributed by atoms with van der Waals surface area (Å²) in [6.45, 7) is 2.04. The molecule has 0 spiro atoms. The van der Waals surface area contributed by atoms with E-state index < -0.39 is 0 Å². The molecule has 0 aromatic carbocycles. The minimum atomic E-state index is -0.0515. The van der Waals surface area contributed by atoms with Gasteiger partial charge >= 0.3 is 0 Å². The molecular weight excluding hydrogens is 142 g/mol. The monoisotopic (exact) mass is 153 g/mol. The Morgan fingerprint density at radius 2 is 2.00 bits per heavy atom. The highest BCUT2D eigenvalue weighted by Gasteiger charge is 2.48. The summed E-state index contributed by atoms with van der Waals surface area (Å²) in [7, 11) is 0. The second-order valence-corrected chi connectivity index (χ2v) is 3.54. The van der Waals surface area contributed by atoms with Crippen LogP contribution in [-0.4, -0.2) is 11.8 Å². The SMILES string of the molecule is CC1CCC2C(=O)NC(=O)C12. The van der Waals surface area contributed by atoms with Gasteiger partial charge in [-0.3, -0.25) is 14.9 Å². The van der Waals surface area contributed by atoms with Crippen molar-refractivity contribution in [1.82, 2.24) is 5.32 Å². The zero-order chi connectivity index (χ0) is 8.01. The predicted octanol–water partition coefficient (Wildman–Crippen LogP) is 0.305. The first-order valence-electron chi connectivity index (χ1n) is 4.05. The van der Waals surface area contributed by atoms with Crippen LogP contribution in [0.1, 0.15) is 19.8 Å². The third-order valence-corrected chi connectivity index (χ3v) is 2.87. The van der Waals surface area contributed by atoms with Crippen molar-refractivity contribution in [2.24, 2.45) is 17.8 Å². The molecule has 0 aromatic rings. The molecule has 3 unspecified atom stereocenters. The lowest BCUT2D eigenvalue weighted by atomic mass is 9.93. The van der Waals surface area contributed by atoms with Crippen LogP contribution in [0.4, 0.5) is 0 Å². The molecule has 1 heterocycles. The van der Waals surface area contributed by atoms with Crippen molar-refractivity contribution < 1.29 is 9.59 Å². The number of carbonyl (C=O) groups excluding carboxylic acids is 2. The number of amides is 2. The maximum absolute atomic E-state index is 11.1. The molecule has 2 aliphatic rings. The average molecular weight is 153 g/mol. The minimum absolute atomic E-state index is 0.00231. The molecule has 2 rings (SSSR count). The van der Waals surface area contributed by atoms with E-state index in [1.54, 1.807) is 0 Å². The lowest BCUT2D eigenvalue weighted by molar-refractivity contribution is -0.126. The van der Waals surface area contributed by atoms with Gasteiger partial charge < -0.3 is 0 Å². The van der Waals surface area contributed by atoms with Crippen molar-refractivity contribution in [3.63, 3.8) is 0 Å². The smallest absolute Gasteiger partial charge is 0.230 e. The number of nitrogens with one attached hydrogen (secondary N) is 1. The van der Waals surface area contributed by atoms with Crippen LogP contribution in [0.2, 0.25) is 0 Å². The van der Waals surface area contributed by atoms with Crippen molar-refractivity contribution in [2.45, 2.75) is 19.8 Å². The van der Waals surface area contributed by atoms with Crippen LogP contribution >= 0.6 is 0 Å². The van der Waals surface area contributed by atoms with E-state index in [9.17, 15) is 9.59 Å². The Bertz CT molecular complexity index is 224. The predicted molar refractivity (Wildman–Crippen MR) is 38.5 cm³/mol.